The van der Waals surface area contributed by atoms with Gasteiger partial charge < -0.3 is 14.7 Å². The van der Waals surface area contributed by atoms with Crippen molar-refractivity contribution < 1.29 is 9.59 Å². The third-order valence-corrected chi connectivity index (χ3v) is 4.69. The molecule has 118 valence electrons. The number of rotatable bonds is 3. The van der Waals surface area contributed by atoms with Crippen LogP contribution >= 0.6 is 0 Å². The van der Waals surface area contributed by atoms with Crippen LogP contribution in [0.4, 0.5) is 4.79 Å². The monoisotopic (exact) mass is 301 g/mol. The van der Waals surface area contributed by atoms with Crippen molar-refractivity contribution in [3.8, 4) is 0 Å². The molecule has 0 aromatic heterocycles. The lowest BCUT2D eigenvalue weighted by atomic mass is 10.0. The van der Waals surface area contributed by atoms with E-state index in [4.69, 9.17) is 0 Å². The van der Waals surface area contributed by atoms with Crippen LogP contribution in [0, 0.1) is 0 Å². The minimum Gasteiger partial charge on any atom is -0.343 e. The van der Waals surface area contributed by atoms with E-state index >= 15 is 0 Å². The number of piperidine rings is 1. The molecule has 2 fully saturated rings. The number of likely N-dealkylation sites (tertiary alicyclic amines) is 1. The van der Waals surface area contributed by atoms with Crippen molar-refractivity contribution in [1.82, 2.24) is 14.7 Å². The molecule has 5 heteroatoms. The van der Waals surface area contributed by atoms with Crippen molar-refractivity contribution in [3.05, 3.63) is 35.9 Å². The van der Waals surface area contributed by atoms with E-state index in [9.17, 15) is 9.59 Å². The zero-order valence-electron chi connectivity index (χ0n) is 13.1. The molecule has 5 nitrogen and oxygen atoms in total. The lowest BCUT2D eigenvalue weighted by Gasteiger charge is -2.36. The Balaban J connectivity index is 1.56. The van der Waals surface area contributed by atoms with Crippen LogP contribution in [0.2, 0.25) is 0 Å². The summed E-state index contributed by atoms with van der Waals surface area (Å²) >= 11 is 0. The van der Waals surface area contributed by atoms with Gasteiger partial charge in [0, 0.05) is 45.7 Å². The average molecular weight is 301 g/mol. The molecule has 0 aliphatic carbocycles. The minimum absolute atomic E-state index is 0.136. The van der Waals surface area contributed by atoms with Crippen molar-refractivity contribution in [2.24, 2.45) is 0 Å². The summed E-state index contributed by atoms with van der Waals surface area (Å²) in [5.74, 6) is 0.136. The van der Waals surface area contributed by atoms with Gasteiger partial charge in [0.05, 0.1) is 0 Å². The highest BCUT2D eigenvalue weighted by molar-refractivity contribution is 5.77. The topological polar surface area (TPSA) is 43.9 Å². The molecule has 3 rings (SSSR count). The molecule has 0 bridgehead atoms. The van der Waals surface area contributed by atoms with Gasteiger partial charge in [0.2, 0.25) is 5.91 Å². The zero-order chi connectivity index (χ0) is 15.5. The zero-order valence-corrected chi connectivity index (χ0v) is 13.1. The number of hydrogen-bond donors (Lipinski definition) is 0. The minimum atomic E-state index is 0.136. The molecule has 0 N–H and O–H groups in total. The smallest absolute Gasteiger partial charge is 0.320 e. The quantitative estimate of drug-likeness (QED) is 0.856. The van der Waals surface area contributed by atoms with Gasteiger partial charge in [-0.05, 0) is 18.4 Å². The Kier molecular flexibility index (Phi) is 4.32. The Morgan fingerprint density at radius 1 is 1.09 bits per heavy atom. The summed E-state index contributed by atoms with van der Waals surface area (Å²) in [4.78, 5) is 29.8. The molecule has 1 aromatic carbocycles. The van der Waals surface area contributed by atoms with Crippen LogP contribution in [-0.4, -0.2) is 58.9 Å². The molecule has 2 heterocycles. The van der Waals surface area contributed by atoms with Crippen LogP contribution in [0.3, 0.4) is 0 Å². The number of carbonyl (C=O) groups is 2. The highest BCUT2D eigenvalue weighted by Gasteiger charge is 2.35. The van der Waals surface area contributed by atoms with Crippen LogP contribution in [0.15, 0.2) is 30.3 Å². The number of hydrogen-bond acceptors (Lipinski definition) is 2. The number of nitrogens with zero attached hydrogens (tertiary/aromatic N) is 3. The summed E-state index contributed by atoms with van der Waals surface area (Å²) < 4.78 is 0. The molecule has 0 saturated carbocycles. The van der Waals surface area contributed by atoms with Crippen LogP contribution in [-0.2, 0) is 11.3 Å². The maximum Gasteiger partial charge on any atom is 0.320 e. The van der Waals surface area contributed by atoms with E-state index in [0.717, 1.165) is 39.0 Å². The van der Waals surface area contributed by atoms with Gasteiger partial charge in [-0.3, -0.25) is 4.79 Å². The third kappa shape index (κ3) is 3.08. The van der Waals surface area contributed by atoms with Gasteiger partial charge in [0.15, 0.2) is 0 Å². The van der Waals surface area contributed by atoms with Gasteiger partial charge in [0.25, 0.3) is 0 Å². The SMILES string of the molecule is CC(=O)N1CCC(N2CCN(Cc3ccccc3)C2=O)CC1. The summed E-state index contributed by atoms with van der Waals surface area (Å²) in [6.45, 7) is 5.42. The van der Waals surface area contributed by atoms with Crippen LogP contribution in [0.1, 0.15) is 25.3 Å². The lowest BCUT2D eigenvalue weighted by Crippen LogP contribution is -2.47. The molecule has 2 saturated heterocycles. The summed E-state index contributed by atoms with van der Waals surface area (Å²) in [6, 6.07) is 10.5. The highest BCUT2D eigenvalue weighted by atomic mass is 16.2. The second kappa shape index (κ2) is 6.38. The Morgan fingerprint density at radius 2 is 1.77 bits per heavy atom. The first-order valence-corrected chi connectivity index (χ1v) is 8.00. The van der Waals surface area contributed by atoms with E-state index in [1.165, 1.54) is 5.56 Å². The average Bonchev–Trinajstić information content (AvgIpc) is 2.89. The number of carbonyl (C=O) groups excluding carboxylic acids is 2. The van der Waals surface area contributed by atoms with Crippen molar-refractivity contribution >= 4 is 11.9 Å². The molecule has 2 aliphatic heterocycles. The van der Waals surface area contributed by atoms with E-state index in [1.807, 2.05) is 32.9 Å². The van der Waals surface area contributed by atoms with Gasteiger partial charge in [-0.15, -0.1) is 0 Å². The number of benzene rings is 1. The molecule has 1 aromatic rings. The lowest BCUT2D eigenvalue weighted by molar-refractivity contribution is -0.130. The maximum atomic E-state index is 12.6. The van der Waals surface area contributed by atoms with Gasteiger partial charge in [-0.2, -0.15) is 0 Å². The number of amides is 3. The fraction of sp³-hybridized carbons (Fsp3) is 0.529. The predicted molar refractivity (Wildman–Crippen MR) is 84.2 cm³/mol. The van der Waals surface area contributed by atoms with E-state index in [1.54, 1.807) is 6.92 Å². The number of urea groups is 1. The van der Waals surface area contributed by atoms with Crippen LogP contribution < -0.4 is 0 Å². The normalized spacial score (nSPS) is 19.9. The predicted octanol–water partition coefficient (Wildman–Crippen LogP) is 1.94. The molecule has 0 spiro atoms. The van der Waals surface area contributed by atoms with Gasteiger partial charge in [0.1, 0.15) is 0 Å². The molecule has 2 aliphatic rings. The van der Waals surface area contributed by atoms with Gasteiger partial charge in [-0.25, -0.2) is 4.79 Å². The van der Waals surface area contributed by atoms with Crippen molar-refractivity contribution in [2.75, 3.05) is 26.2 Å². The largest absolute Gasteiger partial charge is 0.343 e. The van der Waals surface area contributed by atoms with Crippen LogP contribution in [0.25, 0.3) is 0 Å². The Morgan fingerprint density at radius 3 is 2.41 bits per heavy atom. The molecule has 3 amide bonds. The Hall–Kier alpha value is -2.04. The van der Waals surface area contributed by atoms with Crippen molar-refractivity contribution in [1.29, 1.82) is 0 Å². The standard InChI is InChI=1S/C17H23N3O2/c1-14(21)18-9-7-16(8-10-18)20-12-11-19(17(20)22)13-15-5-3-2-4-6-15/h2-6,16H,7-13H2,1H3. The molecule has 22 heavy (non-hydrogen) atoms. The van der Waals surface area contributed by atoms with E-state index < -0.39 is 0 Å². The van der Waals surface area contributed by atoms with Crippen molar-refractivity contribution in [2.45, 2.75) is 32.4 Å². The second-order valence-electron chi connectivity index (χ2n) is 6.12. The van der Waals surface area contributed by atoms with E-state index in [-0.39, 0.29) is 18.0 Å². The summed E-state index contributed by atoms with van der Waals surface area (Å²) in [7, 11) is 0. The second-order valence-corrected chi connectivity index (χ2v) is 6.12. The summed E-state index contributed by atoms with van der Waals surface area (Å²) in [5.41, 5.74) is 1.17. The first-order valence-electron chi connectivity index (χ1n) is 8.00. The maximum absolute atomic E-state index is 12.6. The molecular weight excluding hydrogens is 278 g/mol. The van der Waals surface area contributed by atoms with Crippen molar-refractivity contribution in [3.63, 3.8) is 0 Å². The first kappa shape index (κ1) is 14.9. The fourth-order valence-corrected chi connectivity index (χ4v) is 3.38. The fourth-order valence-electron chi connectivity index (χ4n) is 3.38. The molecular formula is C17H23N3O2. The Labute approximate surface area is 131 Å². The summed E-state index contributed by atoms with van der Waals surface area (Å²) in [5, 5.41) is 0. The van der Waals surface area contributed by atoms with Crippen LogP contribution in [0.5, 0.6) is 0 Å². The highest BCUT2D eigenvalue weighted by Crippen LogP contribution is 2.22. The Bertz CT molecular complexity index is 538. The van der Waals surface area contributed by atoms with Gasteiger partial charge >= 0.3 is 6.03 Å². The van der Waals surface area contributed by atoms with E-state index in [0.29, 0.717) is 6.54 Å². The van der Waals surface area contributed by atoms with Gasteiger partial charge in [-0.1, -0.05) is 30.3 Å². The summed E-state index contributed by atoms with van der Waals surface area (Å²) in [6.07, 6.45) is 1.79. The third-order valence-electron chi connectivity index (χ3n) is 4.69. The van der Waals surface area contributed by atoms with E-state index in [2.05, 4.69) is 12.1 Å². The molecule has 0 unspecified atom stereocenters. The molecule has 0 atom stereocenters. The first-order chi connectivity index (χ1) is 10.6. The molecule has 0 radical (unpaired) electrons.